The minimum absolute atomic E-state index is 0.0149. The molecule has 15 heavy (non-hydrogen) atoms. The molecule has 1 aromatic heterocycles. The van der Waals surface area contributed by atoms with Crippen molar-refractivity contribution in [3.63, 3.8) is 0 Å². The Morgan fingerprint density at radius 3 is 2.53 bits per heavy atom. The normalized spacial score (nSPS) is 11.9. The van der Waals surface area contributed by atoms with E-state index in [0.717, 1.165) is 0 Å². The van der Waals surface area contributed by atoms with Crippen molar-refractivity contribution in [2.24, 2.45) is 0 Å². The molecule has 1 N–H and O–H groups in total. The van der Waals surface area contributed by atoms with Crippen LogP contribution < -0.4 is 5.69 Å². The highest BCUT2D eigenvalue weighted by Gasteiger charge is 2.21. The Labute approximate surface area is 88.2 Å². The molecule has 0 unspecified atom stereocenters. The minimum Gasteiger partial charge on any atom is -0.266 e. The van der Waals surface area contributed by atoms with Gasteiger partial charge < -0.3 is 0 Å². The Morgan fingerprint density at radius 2 is 2.00 bits per heavy atom. The smallest absolute Gasteiger partial charge is 0.266 e. The molecule has 0 amide bonds. The second kappa shape index (κ2) is 4.61. The van der Waals surface area contributed by atoms with Gasteiger partial charge in [-0.05, 0) is 12.8 Å². The Morgan fingerprint density at radius 1 is 1.33 bits per heavy atom. The van der Waals surface area contributed by atoms with Gasteiger partial charge in [-0.3, -0.25) is 4.57 Å². The van der Waals surface area contributed by atoms with Gasteiger partial charge in [-0.25, -0.2) is 18.3 Å². The third-order valence-corrected chi connectivity index (χ3v) is 3.74. The number of hydrogen-bond donors (Lipinski definition) is 1. The van der Waals surface area contributed by atoms with Gasteiger partial charge in [0.1, 0.15) is 0 Å². The van der Waals surface area contributed by atoms with E-state index >= 15 is 0 Å². The molecule has 0 spiro atoms. The fraction of sp³-hybridized carbons (Fsp3) is 0.750. The van der Waals surface area contributed by atoms with E-state index in [9.17, 15) is 13.2 Å². The Bertz CT molecular complexity index is 472. The summed E-state index contributed by atoms with van der Waals surface area (Å²) in [6.07, 6.45) is 1.20. The molecule has 1 heterocycles. The zero-order valence-corrected chi connectivity index (χ0v) is 9.67. The van der Waals surface area contributed by atoms with Gasteiger partial charge in [0.05, 0.1) is 5.75 Å². The van der Waals surface area contributed by atoms with Crippen LogP contribution >= 0.6 is 0 Å². The molecule has 7 heteroatoms. The minimum atomic E-state index is -3.42. The number of nitrogens with one attached hydrogen (secondary N) is 1. The van der Waals surface area contributed by atoms with Crippen LogP contribution in [-0.4, -0.2) is 28.9 Å². The number of rotatable bonds is 5. The lowest BCUT2D eigenvalue weighted by Gasteiger charge is -2.03. The van der Waals surface area contributed by atoms with Crippen molar-refractivity contribution in [2.75, 3.05) is 5.75 Å². The molecule has 0 atom stereocenters. The van der Waals surface area contributed by atoms with E-state index in [1.165, 1.54) is 4.57 Å². The maximum absolute atomic E-state index is 11.7. The molecule has 6 nitrogen and oxygen atoms in total. The molecule has 1 aromatic rings. The van der Waals surface area contributed by atoms with Gasteiger partial charge >= 0.3 is 5.69 Å². The van der Waals surface area contributed by atoms with Crippen molar-refractivity contribution >= 4 is 9.84 Å². The van der Waals surface area contributed by atoms with Gasteiger partial charge in [-0.15, -0.1) is 5.10 Å². The van der Waals surface area contributed by atoms with E-state index in [2.05, 4.69) is 10.2 Å². The molecule has 0 aliphatic carbocycles. The molecule has 0 aliphatic heterocycles. The van der Waals surface area contributed by atoms with Crippen molar-refractivity contribution in [2.45, 2.75) is 38.4 Å². The van der Waals surface area contributed by atoms with Crippen LogP contribution in [0.15, 0.2) is 9.95 Å². The zero-order chi connectivity index (χ0) is 11.5. The number of H-pyrrole nitrogens is 1. The first-order valence-electron chi connectivity index (χ1n) is 4.91. The second-order valence-corrected chi connectivity index (χ2v) is 5.28. The highest BCUT2D eigenvalue weighted by molar-refractivity contribution is 7.91. The summed E-state index contributed by atoms with van der Waals surface area (Å²) in [4.78, 5) is 11.3. The number of nitrogens with zero attached hydrogens (tertiary/aromatic N) is 2. The van der Waals surface area contributed by atoms with Crippen LogP contribution in [0.3, 0.4) is 0 Å². The number of sulfone groups is 1. The van der Waals surface area contributed by atoms with Gasteiger partial charge in [0.2, 0.25) is 15.0 Å². The third kappa shape index (κ3) is 2.47. The second-order valence-electron chi connectivity index (χ2n) is 3.28. The molecule has 0 saturated carbocycles. The maximum Gasteiger partial charge on any atom is 0.344 e. The molecule has 1 rings (SSSR count). The number of hydrogen-bond acceptors (Lipinski definition) is 4. The van der Waals surface area contributed by atoms with Crippen LogP contribution in [0.25, 0.3) is 0 Å². The van der Waals surface area contributed by atoms with Crippen LogP contribution in [0.2, 0.25) is 0 Å². The lowest BCUT2D eigenvalue weighted by molar-refractivity contribution is 0.550. The van der Waals surface area contributed by atoms with Crippen LogP contribution in [-0.2, 0) is 16.4 Å². The number of aromatic nitrogens is 3. The Hall–Kier alpha value is -1.11. The Kier molecular flexibility index (Phi) is 3.67. The standard InChI is InChI=1S/C8H15N3O3S/c1-3-5-11-7(12)9-10-8(11)15(13,14)6-4-2/h3-6H2,1-2H3,(H,9,12). The SMILES string of the molecule is CCCn1c(S(=O)(=O)CCC)n[nH]c1=O. The predicted octanol–water partition coefficient (Wildman–Crippen LogP) is 0.165. The van der Waals surface area contributed by atoms with Gasteiger partial charge in [0.15, 0.2) is 0 Å². The van der Waals surface area contributed by atoms with Gasteiger partial charge in [-0.1, -0.05) is 13.8 Å². The summed E-state index contributed by atoms with van der Waals surface area (Å²) in [6.45, 7) is 4.01. The van der Waals surface area contributed by atoms with Gasteiger partial charge in [0.25, 0.3) is 0 Å². The molecule has 0 fully saturated rings. The van der Waals surface area contributed by atoms with Crippen molar-refractivity contribution in [3.05, 3.63) is 10.5 Å². The predicted molar refractivity (Wildman–Crippen MR) is 55.5 cm³/mol. The average molecular weight is 233 g/mol. The van der Waals surface area contributed by atoms with Crippen molar-refractivity contribution in [1.29, 1.82) is 0 Å². The first-order valence-corrected chi connectivity index (χ1v) is 6.56. The first kappa shape index (κ1) is 12.0. The quantitative estimate of drug-likeness (QED) is 0.785. The molecule has 0 saturated heterocycles. The largest absolute Gasteiger partial charge is 0.344 e. The summed E-state index contributed by atoms with van der Waals surface area (Å²) in [5.41, 5.74) is -0.466. The lowest BCUT2D eigenvalue weighted by atomic mass is 10.5. The van der Waals surface area contributed by atoms with Crippen LogP contribution in [0, 0.1) is 0 Å². The number of aromatic amines is 1. The van der Waals surface area contributed by atoms with E-state index in [-0.39, 0.29) is 10.9 Å². The van der Waals surface area contributed by atoms with E-state index in [0.29, 0.717) is 19.4 Å². The van der Waals surface area contributed by atoms with Crippen molar-refractivity contribution in [3.8, 4) is 0 Å². The van der Waals surface area contributed by atoms with Crippen LogP contribution in [0.1, 0.15) is 26.7 Å². The highest BCUT2D eigenvalue weighted by Crippen LogP contribution is 2.06. The topological polar surface area (TPSA) is 84.8 Å². The monoisotopic (exact) mass is 233 g/mol. The van der Waals surface area contributed by atoms with E-state index < -0.39 is 15.5 Å². The van der Waals surface area contributed by atoms with E-state index in [1.54, 1.807) is 6.92 Å². The summed E-state index contributed by atoms with van der Waals surface area (Å²) < 4.78 is 24.6. The highest BCUT2D eigenvalue weighted by atomic mass is 32.2. The summed E-state index contributed by atoms with van der Waals surface area (Å²) in [6, 6.07) is 0. The maximum atomic E-state index is 11.7. The summed E-state index contributed by atoms with van der Waals surface area (Å²) >= 11 is 0. The van der Waals surface area contributed by atoms with E-state index in [1.807, 2.05) is 6.92 Å². The molecule has 0 radical (unpaired) electrons. The summed E-state index contributed by atoms with van der Waals surface area (Å²) in [5, 5.41) is 5.58. The summed E-state index contributed by atoms with van der Waals surface area (Å²) in [5.74, 6) is 0.0149. The molecular weight excluding hydrogens is 218 g/mol. The van der Waals surface area contributed by atoms with Crippen molar-refractivity contribution in [1.82, 2.24) is 14.8 Å². The van der Waals surface area contributed by atoms with E-state index in [4.69, 9.17) is 0 Å². The fourth-order valence-electron chi connectivity index (χ4n) is 1.32. The average Bonchev–Trinajstić information content (AvgIpc) is 2.49. The van der Waals surface area contributed by atoms with Crippen LogP contribution in [0.4, 0.5) is 0 Å². The molecule has 0 aromatic carbocycles. The first-order chi connectivity index (χ1) is 7.03. The molecular formula is C8H15N3O3S. The lowest BCUT2D eigenvalue weighted by Crippen LogP contribution is -2.21. The summed E-state index contributed by atoms with van der Waals surface area (Å²) in [7, 11) is -3.42. The Balaban J connectivity index is 3.20. The zero-order valence-electron chi connectivity index (χ0n) is 8.86. The third-order valence-electron chi connectivity index (χ3n) is 1.92. The van der Waals surface area contributed by atoms with Crippen molar-refractivity contribution < 1.29 is 8.42 Å². The molecule has 0 bridgehead atoms. The van der Waals surface area contributed by atoms with Gasteiger partial charge in [-0.2, -0.15) is 0 Å². The molecule has 0 aliphatic rings. The van der Waals surface area contributed by atoms with Gasteiger partial charge in [0, 0.05) is 6.54 Å². The molecule has 86 valence electrons. The van der Waals surface area contributed by atoms with Crippen LogP contribution in [0.5, 0.6) is 0 Å². The fourth-order valence-corrected chi connectivity index (χ4v) is 2.74.